The van der Waals surface area contributed by atoms with E-state index in [2.05, 4.69) is 0 Å². The molecule has 1 aliphatic heterocycles. The molecule has 1 heterocycles. The number of hydrogen-bond donors (Lipinski definition) is 10. The minimum absolute atomic E-state index is 0.751. The maximum atomic E-state index is 9.98. The zero-order valence-electron chi connectivity index (χ0n) is 12.1. The fourth-order valence-corrected chi connectivity index (χ4v) is 2.35. The molecule has 1 rings (SSSR count). The smallest absolute Gasteiger partial charge is 0.115 e. The quantitative estimate of drug-likeness (QED) is 0.210. The van der Waals surface area contributed by atoms with Crippen LogP contribution in [0.5, 0.6) is 0 Å². The van der Waals surface area contributed by atoms with E-state index in [4.69, 9.17) is 14.9 Å². The van der Waals surface area contributed by atoms with Gasteiger partial charge in [-0.05, 0) is 0 Å². The van der Waals surface area contributed by atoms with Crippen molar-refractivity contribution in [1.82, 2.24) is 0 Å². The summed E-state index contributed by atoms with van der Waals surface area (Å²) in [4.78, 5) is 0. The van der Waals surface area contributed by atoms with Crippen LogP contribution in [0.15, 0.2) is 0 Å². The molecule has 0 spiro atoms. The second-order valence-electron chi connectivity index (χ2n) is 5.51. The highest BCUT2D eigenvalue weighted by molar-refractivity contribution is 4.98. The molecule has 0 aromatic heterocycles. The van der Waals surface area contributed by atoms with E-state index in [1.165, 1.54) is 0 Å². The van der Waals surface area contributed by atoms with Gasteiger partial charge in [0.05, 0.1) is 13.2 Å². The van der Waals surface area contributed by atoms with Crippen molar-refractivity contribution in [2.45, 2.75) is 61.0 Å². The van der Waals surface area contributed by atoms with Crippen molar-refractivity contribution >= 4 is 0 Å². The van der Waals surface area contributed by atoms with E-state index < -0.39 is 74.3 Å². The summed E-state index contributed by atoms with van der Waals surface area (Å²) in [6.07, 6.45) is -18.4. The maximum Gasteiger partial charge on any atom is 0.115 e. The Kier molecular flexibility index (Phi) is 7.70. The molecule has 10 N–H and O–H groups in total. The van der Waals surface area contributed by atoms with Crippen LogP contribution >= 0.6 is 0 Å². The Morgan fingerprint density at radius 2 is 1.30 bits per heavy atom. The van der Waals surface area contributed by atoms with E-state index in [1.807, 2.05) is 0 Å². The molecule has 11 heteroatoms. The maximum absolute atomic E-state index is 9.98. The van der Waals surface area contributed by atoms with Gasteiger partial charge in [-0.2, -0.15) is 0 Å². The molecule has 1 fully saturated rings. The summed E-state index contributed by atoms with van der Waals surface area (Å²) in [5.41, 5.74) is 0. The van der Waals surface area contributed by atoms with Gasteiger partial charge in [0.15, 0.2) is 0 Å². The molecule has 0 aromatic rings. The van der Waals surface area contributed by atoms with Crippen molar-refractivity contribution < 1.29 is 55.8 Å². The SMILES string of the molecule is OC[C@@H](O)[C@@H](O)[C@H](O)[C@@H](O)C(O)[C@@H]1O[C@H](CO)[C@H](O)[C@H](O)[C@H]1O. The van der Waals surface area contributed by atoms with Crippen molar-refractivity contribution in [3.05, 3.63) is 0 Å². The molecular weight excluding hydrogens is 320 g/mol. The van der Waals surface area contributed by atoms with E-state index in [9.17, 15) is 40.9 Å². The molecule has 0 aromatic carbocycles. The first kappa shape index (κ1) is 20.6. The van der Waals surface area contributed by atoms with E-state index in [0.717, 1.165) is 0 Å². The number of hydrogen-bond acceptors (Lipinski definition) is 11. The zero-order valence-corrected chi connectivity index (χ0v) is 12.1. The summed E-state index contributed by atoms with van der Waals surface area (Å²) in [5, 5.41) is 94.9. The second kappa shape index (κ2) is 8.60. The van der Waals surface area contributed by atoms with Crippen LogP contribution < -0.4 is 0 Å². The minimum atomic E-state index is -2.13. The molecule has 11 nitrogen and oxygen atoms in total. The third-order valence-electron chi connectivity index (χ3n) is 3.90. The fourth-order valence-electron chi connectivity index (χ4n) is 2.35. The molecule has 0 amide bonds. The van der Waals surface area contributed by atoms with Gasteiger partial charge in [0.1, 0.15) is 61.0 Å². The summed E-state index contributed by atoms with van der Waals surface area (Å²) in [7, 11) is 0. The molecule has 1 aliphatic rings. The molecule has 138 valence electrons. The molecule has 1 saturated heterocycles. The zero-order chi connectivity index (χ0) is 17.9. The lowest BCUT2D eigenvalue weighted by Gasteiger charge is -2.43. The number of aliphatic hydroxyl groups is 10. The largest absolute Gasteiger partial charge is 0.394 e. The molecule has 23 heavy (non-hydrogen) atoms. The highest BCUT2D eigenvalue weighted by Gasteiger charge is 2.49. The second-order valence-corrected chi connectivity index (χ2v) is 5.51. The Labute approximate surface area is 131 Å². The van der Waals surface area contributed by atoms with Crippen LogP contribution in [0.1, 0.15) is 0 Å². The molecule has 1 unspecified atom stereocenters. The van der Waals surface area contributed by atoms with Crippen molar-refractivity contribution in [2.24, 2.45) is 0 Å². The normalized spacial score (nSPS) is 38.6. The number of aliphatic hydroxyl groups excluding tert-OH is 10. The van der Waals surface area contributed by atoms with E-state index >= 15 is 0 Å². The van der Waals surface area contributed by atoms with Crippen molar-refractivity contribution in [2.75, 3.05) is 13.2 Å². The van der Waals surface area contributed by atoms with Crippen LogP contribution in [0.3, 0.4) is 0 Å². The molecule has 0 aliphatic carbocycles. The Morgan fingerprint density at radius 1 is 0.739 bits per heavy atom. The third kappa shape index (κ3) is 4.35. The van der Waals surface area contributed by atoms with Crippen LogP contribution in [0.4, 0.5) is 0 Å². The van der Waals surface area contributed by atoms with Gasteiger partial charge in [-0.1, -0.05) is 0 Å². The van der Waals surface area contributed by atoms with Gasteiger partial charge in [0.2, 0.25) is 0 Å². The van der Waals surface area contributed by atoms with E-state index in [0.29, 0.717) is 0 Å². The summed E-state index contributed by atoms with van der Waals surface area (Å²) in [6, 6.07) is 0. The van der Waals surface area contributed by atoms with Crippen molar-refractivity contribution in [1.29, 1.82) is 0 Å². The molecule has 0 saturated carbocycles. The average Bonchev–Trinajstić information content (AvgIpc) is 2.56. The standard InChI is InChI=1S/C12H24O11/c13-1-3(15)5(16)7(18)9(20)11(22)12-10(21)8(19)6(17)4(2-14)23-12/h3-22H,1-2H2/t3-,4-,5-,6+,7+,8+,9-,10-,11?,12-/m1/s1. The molecule has 0 bridgehead atoms. The van der Waals surface area contributed by atoms with Gasteiger partial charge in [-0.3, -0.25) is 0 Å². The first-order valence-corrected chi connectivity index (χ1v) is 6.99. The van der Waals surface area contributed by atoms with E-state index in [-0.39, 0.29) is 0 Å². The summed E-state index contributed by atoms with van der Waals surface area (Å²) in [5.74, 6) is 0. The predicted molar refractivity (Wildman–Crippen MR) is 70.9 cm³/mol. The van der Waals surface area contributed by atoms with Crippen molar-refractivity contribution in [3.63, 3.8) is 0 Å². The number of ether oxygens (including phenoxy) is 1. The summed E-state index contributed by atoms with van der Waals surface area (Å²) < 4.78 is 5.01. The predicted octanol–water partition coefficient (Wildman–Crippen LogP) is -6.37. The lowest BCUT2D eigenvalue weighted by Crippen LogP contribution is -2.64. The molecule has 10 atom stereocenters. The third-order valence-corrected chi connectivity index (χ3v) is 3.90. The van der Waals surface area contributed by atoms with Gasteiger partial charge in [-0.15, -0.1) is 0 Å². The minimum Gasteiger partial charge on any atom is -0.394 e. The van der Waals surface area contributed by atoms with Gasteiger partial charge in [0, 0.05) is 0 Å². The van der Waals surface area contributed by atoms with Crippen LogP contribution in [-0.4, -0.2) is 125 Å². The van der Waals surface area contributed by atoms with Crippen LogP contribution in [0.2, 0.25) is 0 Å². The molecular formula is C12H24O11. The Hall–Kier alpha value is -0.440. The van der Waals surface area contributed by atoms with Crippen LogP contribution in [0, 0.1) is 0 Å². The highest BCUT2D eigenvalue weighted by atomic mass is 16.6. The Balaban J connectivity index is 2.83. The van der Waals surface area contributed by atoms with Gasteiger partial charge in [0.25, 0.3) is 0 Å². The van der Waals surface area contributed by atoms with Crippen LogP contribution in [0.25, 0.3) is 0 Å². The number of rotatable bonds is 7. The van der Waals surface area contributed by atoms with Crippen molar-refractivity contribution in [3.8, 4) is 0 Å². The molecule has 0 radical (unpaired) electrons. The Morgan fingerprint density at radius 3 is 1.78 bits per heavy atom. The summed E-state index contributed by atoms with van der Waals surface area (Å²) >= 11 is 0. The monoisotopic (exact) mass is 344 g/mol. The van der Waals surface area contributed by atoms with Crippen LogP contribution in [-0.2, 0) is 4.74 Å². The van der Waals surface area contributed by atoms with E-state index in [1.54, 1.807) is 0 Å². The average molecular weight is 344 g/mol. The van der Waals surface area contributed by atoms with Gasteiger partial charge >= 0.3 is 0 Å². The lowest BCUT2D eigenvalue weighted by atomic mass is 9.88. The van der Waals surface area contributed by atoms with Gasteiger partial charge < -0.3 is 55.8 Å². The fraction of sp³-hybridized carbons (Fsp3) is 1.00. The topological polar surface area (TPSA) is 212 Å². The Bertz CT molecular complexity index is 354. The first-order valence-electron chi connectivity index (χ1n) is 6.99. The first-order chi connectivity index (χ1) is 10.7. The van der Waals surface area contributed by atoms with Gasteiger partial charge in [-0.25, -0.2) is 0 Å². The lowest BCUT2D eigenvalue weighted by molar-refractivity contribution is -0.264. The summed E-state index contributed by atoms with van der Waals surface area (Å²) in [6.45, 7) is -1.67. The highest BCUT2D eigenvalue weighted by Crippen LogP contribution is 2.25.